The maximum Gasteiger partial charge on any atom is 0.0193 e. The summed E-state index contributed by atoms with van der Waals surface area (Å²) in [6, 6.07) is 15.4. The van der Waals surface area contributed by atoms with Crippen molar-refractivity contribution in [3.63, 3.8) is 0 Å². The van der Waals surface area contributed by atoms with Crippen LogP contribution < -0.4 is 0 Å². The Morgan fingerprint density at radius 2 is 1.89 bits per heavy atom. The summed E-state index contributed by atoms with van der Waals surface area (Å²) < 4.78 is 0. The van der Waals surface area contributed by atoms with Crippen molar-refractivity contribution >= 4 is 0 Å². The van der Waals surface area contributed by atoms with Crippen molar-refractivity contribution in [1.29, 1.82) is 0 Å². The summed E-state index contributed by atoms with van der Waals surface area (Å²) in [7, 11) is 0. The van der Waals surface area contributed by atoms with Crippen LogP contribution in [-0.2, 0) is 26.5 Å². The minimum Gasteiger partial charge on any atom is -0.304 e. The molecule has 0 aliphatic rings. The molecular formula is C16H18IrN-. The molecule has 1 nitrogen and oxygen atoms in total. The first-order valence-corrected chi connectivity index (χ1v) is 5.97. The Labute approximate surface area is 123 Å². The van der Waals surface area contributed by atoms with Crippen LogP contribution in [0.3, 0.4) is 0 Å². The van der Waals surface area contributed by atoms with Crippen molar-refractivity contribution < 1.29 is 20.1 Å². The number of nitrogens with zero attached hydrogens (tertiary/aromatic N) is 1. The molecule has 97 valence electrons. The molecule has 1 heterocycles. The molecule has 2 aromatic rings. The molecular weight excluding hydrogens is 398 g/mol. The molecule has 18 heavy (non-hydrogen) atoms. The van der Waals surface area contributed by atoms with Gasteiger partial charge >= 0.3 is 0 Å². The minimum atomic E-state index is 0. The Kier molecular flexibility index (Phi) is 5.25. The van der Waals surface area contributed by atoms with Crippen LogP contribution in [0.15, 0.2) is 42.6 Å². The van der Waals surface area contributed by atoms with Gasteiger partial charge in [0.1, 0.15) is 0 Å². The average molecular weight is 417 g/mol. The van der Waals surface area contributed by atoms with Gasteiger partial charge in [0.05, 0.1) is 0 Å². The van der Waals surface area contributed by atoms with Crippen LogP contribution in [0.4, 0.5) is 0 Å². The Hall–Kier alpha value is -0.981. The summed E-state index contributed by atoms with van der Waals surface area (Å²) >= 11 is 0. The standard InChI is InChI=1S/C16H18N.Ir/c1-16(2,3)11-13-9-10-15(17-12-13)14-7-5-4-6-8-14;/h4-7,9-10,12H,11H2,1-3H3;/q-1;. The minimum absolute atomic E-state index is 0. The van der Waals surface area contributed by atoms with Gasteiger partial charge in [0.2, 0.25) is 0 Å². The molecule has 0 spiro atoms. The molecule has 0 saturated heterocycles. The molecule has 0 atom stereocenters. The second kappa shape index (κ2) is 6.26. The molecule has 0 saturated carbocycles. The third kappa shape index (κ3) is 4.36. The van der Waals surface area contributed by atoms with E-state index in [0.717, 1.165) is 17.7 Å². The predicted octanol–water partition coefficient (Wildman–Crippen LogP) is 4.13. The van der Waals surface area contributed by atoms with E-state index in [-0.39, 0.29) is 20.1 Å². The Morgan fingerprint density at radius 1 is 1.11 bits per heavy atom. The van der Waals surface area contributed by atoms with Crippen molar-refractivity contribution in [2.45, 2.75) is 27.2 Å². The fraction of sp³-hybridized carbons (Fsp3) is 0.312. The van der Waals surface area contributed by atoms with Crippen molar-refractivity contribution in [3.05, 3.63) is 54.2 Å². The van der Waals surface area contributed by atoms with E-state index >= 15 is 0 Å². The van der Waals surface area contributed by atoms with E-state index in [2.05, 4.69) is 44.0 Å². The van der Waals surface area contributed by atoms with Gasteiger partial charge in [0.25, 0.3) is 0 Å². The molecule has 0 bridgehead atoms. The van der Waals surface area contributed by atoms with E-state index in [9.17, 15) is 0 Å². The molecule has 2 heteroatoms. The van der Waals surface area contributed by atoms with E-state index in [0.29, 0.717) is 5.41 Å². The van der Waals surface area contributed by atoms with E-state index < -0.39 is 0 Å². The zero-order valence-electron chi connectivity index (χ0n) is 11.0. The first kappa shape index (κ1) is 15.1. The molecule has 0 fully saturated rings. The van der Waals surface area contributed by atoms with Gasteiger partial charge in [0.15, 0.2) is 0 Å². The van der Waals surface area contributed by atoms with Crippen molar-refractivity contribution in [1.82, 2.24) is 4.98 Å². The van der Waals surface area contributed by atoms with Gasteiger partial charge in [-0.05, 0) is 23.1 Å². The smallest absolute Gasteiger partial charge is 0.0193 e. The summed E-state index contributed by atoms with van der Waals surface area (Å²) in [4.78, 5) is 4.50. The number of rotatable bonds is 2. The third-order valence-corrected chi connectivity index (χ3v) is 2.54. The average Bonchev–Trinajstić information content (AvgIpc) is 2.29. The van der Waals surface area contributed by atoms with Gasteiger partial charge in [-0.3, -0.25) is 0 Å². The number of benzene rings is 1. The van der Waals surface area contributed by atoms with E-state index in [1.807, 2.05) is 30.5 Å². The summed E-state index contributed by atoms with van der Waals surface area (Å²) in [5.74, 6) is 0. The molecule has 0 aliphatic heterocycles. The van der Waals surface area contributed by atoms with Gasteiger partial charge in [-0.15, -0.1) is 35.9 Å². The predicted molar refractivity (Wildman–Crippen MR) is 71.7 cm³/mol. The molecule has 0 unspecified atom stereocenters. The number of hydrogen-bond donors (Lipinski definition) is 0. The van der Waals surface area contributed by atoms with Crippen LogP contribution >= 0.6 is 0 Å². The maximum absolute atomic E-state index is 4.50. The zero-order chi connectivity index (χ0) is 12.3. The maximum atomic E-state index is 4.50. The first-order chi connectivity index (χ1) is 8.04. The largest absolute Gasteiger partial charge is 0.304 e. The summed E-state index contributed by atoms with van der Waals surface area (Å²) in [6.45, 7) is 6.73. The normalized spacial score (nSPS) is 10.8. The summed E-state index contributed by atoms with van der Waals surface area (Å²) in [5, 5.41) is 0. The van der Waals surface area contributed by atoms with E-state index in [1.165, 1.54) is 5.56 Å². The monoisotopic (exact) mass is 417 g/mol. The zero-order valence-corrected chi connectivity index (χ0v) is 13.4. The molecule has 0 amide bonds. The Bertz CT molecular complexity index is 469. The molecule has 1 radical (unpaired) electrons. The van der Waals surface area contributed by atoms with Gasteiger partial charge < -0.3 is 4.98 Å². The Balaban J connectivity index is 0.00000162. The fourth-order valence-electron chi connectivity index (χ4n) is 1.85. The van der Waals surface area contributed by atoms with Crippen molar-refractivity contribution in [2.75, 3.05) is 0 Å². The first-order valence-electron chi connectivity index (χ1n) is 5.97. The van der Waals surface area contributed by atoms with Gasteiger partial charge in [-0.25, -0.2) is 0 Å². The van der Waals surface area contributed by atoms with Crippen LogP contribution in [0.2, 0.25) is 0 Å². The summed E-state index contributed by atoms with van der Waals surface area (Å²) in [6.07, 6.45) is 3.03. The van der Waals surface area contributed by atoms with Crippen LogP contribution in [0, 0.1) is 11.5 Å². The van der Waals surface area contributed by atoms with Crippen molar-refractivity contribution in [2.24, 2.45) is 5.41 Å². The topological polar surface area (TPSA) is 12.9 Å². The second-order valence-electron chi connectivity index (χ2n) is 5.57. The number of hydrogen-bond acceptors (Lipinski definition) is 1. The summed E-state index contributed by atoms with van der Waals surface area (Å²) in [5.41, 5.74) is 3.64. The van der Waals surface area contributed by atoms with Crippen LogP contribution in [0.25, 0.3) is 11.3 Å². The van der Waals surface area contributed by atoms with Gasteiger partial charge in [0, 0.05) is 26.3 Å². The second-order valence-corrected chi connectivity index (χ2v) is 5.57. The van der Waals surface area contributed by atoms with Crippen LogP contribution in [0.1, 0.15) is 26.3 Å². The molecule has 0 aliphatic carbocycles. The fourth-order valence-corrected chi connectivity index (χ4v) is 1.85. The molecule has 0 N–H and O–H groups in total. The van der Waals surface area contributed by atoms with Gasteiger partial charge in [-0.1, -0.05) is 32.9 Å². The third-order valence-electron chi connectivity index (χ3n) is 2.54. The van der Waals surface area contributed by atoms with E-state index in [1.54, 1.807) is 0 Å². The Morgan fingerprint density at radius 3 is 2.39 bits per heavy atom. The quantitative estimate of drug-likeness (QED) is 0.671. The van der Waals surface area contributed by atoms with E-state index in [4.69, 9.17) is 0 Å². The molecule has 2 rings (SSSR count). The van der Waals surface area contributed by atoms with Crippen LogP contribution in [-0.4, -0.2) is 4.98 Å². The van der Waals surface area contributed by atoms with Crippen molar-refractivity contribution in [3.8, 4) is 11.3 Å². The number of pyridine rings is 1. The van der Waals surface area contributed by atoms with Crippen LogP contribution in [0.5, 0.6) is 0 Å². The van der Waals surface area contributed by atoms with Gasteiger partial charge in [-0.2, -0.15) is 0 Å². The molecule has 1 aromatic carbocycles. The molecule has 1 aromatic heterocycles. The number of aromatic nitrogens is 1. The SMILES string of the molecule is CC(C)(C)Cc1ccc(-c2[c-]cccc2)nc1.[Ir].